The van der Waals surface area contributed by atoms with Crippen LogP contribution in [0, 0.1) is 11.8 Å². The number of benzene rings is 13. The highest BCUT2D eigenvalue weighted by Crippen LogP contribution is 2.48. The van der Waals surface area contributed by atoms with Crippen LogP contribution in [0.15, 0.2) is 303 Å². The van der Waals surface area contributed by atoms with Crippen molar-refractivity contribution in [3.05, 3.63) is 348 Å². The number of methoxy groups -OCH3 is 2. The first-order valence-corrected chi connectivity index (χ1v) is 42.7. The number of nitrogens with zero attached hydrogens (tertiary/aromatic N) is 1. The molecule has 2 saturated carbocycles. The largest absolute Gasteiger partial charge is 0.463 e. The molecule has 0 amide bonds. The lowest BCUT2D eigenvalue weighted by Crippen LogP contribution is -2.29. The number of esters is 2. The fourth-order valence-corrected chi connectivity index (χ4v) is 17.6. The van der Waals surface area contributed by atoms with Crippen LogP contribution >= 0.6 is 0 Å². The van der Waals surface area contributed by atoms with Gasteiger partial charge in [-0.25, -0.2) is 0 Å². The van der Waals surface area contributed by atoms with Crippen molar-refractivity contribution in [2.75, 3.05) is 60.5 Å². The van der Waals surface area contributed by atoms with E-state index in [9.17, 15) is 9.59 Å². The Bertz CT molecular complexity index is 5410. The first kappa shape index (κ1) is 85.5. The number of ether oxygens (including phenoxy) is 10. The summed E-state index contributed by atoms with van der Waals surface area (Å²) in [5.74, 6) is 0.509. The summed E-state index contributed by atoms with van der Waals surface area (Å²) >= 11 is 0. The van der Waals surface area contributed by atoms with Gasteiger partial charge in [0.25, 0.3) is 0 Å². The Labute approximate surface area is 707 Å². The summed E-state index contributed by atoms with van der Waals surface area (Å²) in [6, 6.07) is 104. The van der Waals surface area contributed by atoms with Crippen LogP contribution in [0.25, 0.3) is 76.4 Å². The summed E-state index contributed by atoms with van der Waals surface area (Å²) < 4.78 is 59.6. The summed E-state index contributed by atoms with van der Waals surface area (Å²) in [4.78, 5) is 25.6. The van der Waals surface area contributed by atoms with E-state index in [2.05, 4.69) is 213 Å². The molecule has 4 aliphatic carbocycles. The van der Waals surface area contributed by atoms with Crippen LogP contribution in [0.1, 0.15) is 130 Å². The van der Waals surface area contributed by atoms with E-state index in [1.54, 1.807) is 14.2 Å². The van der Waals surface area contributed by atoms with Crippen LogP contribution < -0.4 is 0 Å². The lowest BCUT2D eigenvalue weighted by molar-refractivity contribution is -0.150. The maximum atomic E-state index is 13.0. The van der Waals surface area contributed by atoms with Gasteiger partial charge in [-0.15, -0.1) is 0 Å². The Kier molecular flexibility index (Phi) is 30.2. The molecule has 0 N–H and O–H groups in total. The van der Waals surface area contributed by atoms with Gasteiger partial charge in [0.1, 0.15) is 31.2 Å². The van der Waals surface area contributed by atoms with Crippen LogP contribution in [-0.4, -0.2) is 114 Å². The topological polar surface area (TPSA) is 131 Å². The monoisotopic (exact) mass is 1600 g/mol. The van der Waals surface area contributed by atoms with Crippen molar-refractivity contribution in [2.45, 2.75) is 142 Å². The first-order valence-electron chi connectivity index (χ1n) is 42.7. The van der Waals surface area contributed by atoms with Crippen molar-refractivity contribution >= 4 is 66.1 Å². The van der Waals surface area contributed by atoms with E-state index in [-0.39, 0.29) is 67.0 Å². The summed E-state index contributed by atoms with van der Waals surface area (Å²) in [5, 5.41) is 10.1. The molecule has 13 heteroatoms. The molecule has 0 spiro atoms. The van der Waals surface area contributed by atoms with Gasteiger partial charge in [-0.1, -0.05) is 285 Å². The molecule has 4 aliphatic rings. The molecule has 8 unspecified atom stereocenters. The maximum absolute atomic E-state index is 13.0. The van der Waals surface area contributed by atoms with E-state index in [1.165, 1.54) is 102 Å². The Balaban J connectivity index is 0.000000124. The number of aromatic nitrogens is 1. The zero-order valence-corrected chi connectivity index (χ0v) is 70.5. The fraction of sp³-hybridized carbons (Fsp3) is 0.308. The molecule has 13 aromatic carbocycles. The third-order valence-electron chi connectivity index (χ3n) is 23.4. The molecule has 1 heterocycles. The van der Waals surface area contributed by atoms with Crippen molar-refractivity contribution < 1.29 is 57.0 Å². The summed E-state index contributed by atoms with van der Waals surface area (Å²) in [6.45, 7) is 17.5. The molecule has 14 aromatic rings. The van der Waals surface area contributed by atoms with Gasteiger partial charge in [0, 0.05) is 49.2 Å². The Morgan fingerprint density at radius 1 is 0.392 bits per heavy atom. The van der Waals surface area contributed by atoms with E-state index in [1.807, 2.05) is 137 Å². The Morgan fingerprint density at radius 3 is 1.38 bits per heavy atom. The molecule has 0 aliphatic heterocycles. The van der Waals surface area contributed by atoms with Gasteiger partial charge in [-0.2, -0.15) is 0 Å². The minimum atomic E-state index is -0.353. The average Bonchev–Trinajstić information content (AvgIpc) is 1.73. The highest BCUT2D eigenvalue weighted by Gasteiger charge is 2.42. The van der Waals surface area contributed by atoms with Crippen molar-refractivity contribution in [3.8, 4) is 22.3 Å². The first-order chi connectivity index (χ1) is 58.8. The zero-order chi connectivity index (χ0) is 83.1. The van der Waals surface area contributed by atoms with Gasteiger partial charge >= 0.3 is 11.9 Å². The number of para-hydroxylation sites is 2. The molecule has 0 saturated heterocycles. The molecule has 618 valence electrons. The summed E-state index contributed by atoms with van der Waals surface area (Å²) in [5.41, 5.74) is 16.0. The second-order valence-corrected chi connectivity index (χ2v) is 31.9. The van der Waals surface area contributed by atoms with Gasteiger partial charge in [-0.3, -0.25) is 9.59 Å². The SMILES string of the molecule is CC(COC(=O)C1c2ccccc2-c2ccccc21)OC1CC2CCC1C2.CC(COCc1c2ccccc2cc2ccccc12)OCc1cccc2ccccc12.CCOC(C)COC(c1ccccc1)c1ccccc1.COC(C)Cn1c2ccccc2c2ccccc21.COCC(C)OCCOC(=O)C1c2ccccc2-c2ccccc21. The number of fused-ring (bicyclic) bond motifs is 14. The summed E-state index contributed by atoms with van der Waals surface area (Å²) in [7, 11) is 3.40. The highest BCUT2D eigenvalue weighted by molar-refractivity contribution is 6.08. The van der Waals surface area contributed by atoms with E-state index < -0.39 is 0 Å². The lowest BCUT2D eigenvalue weighted by Gasteiger charge is -2.26. The lowest BCUT2D eigenvalue weighted by atomic mass is 9.97. The quantitative estimate of drug-likeness (QED) is 0.0251. The van der Waals surface area contributed by atoms with Gasteiger partial charge in [0.05, 0.1) is 76.3 Å². The van der Waals surface area contributed by atoms with E-state index in [0.717, 1.165) is 62.9 Å². The molecule has 8 atom stereocenters. The molecular formula is C107H113NO12. The van der Waals surface area contributed by atoms with E-state index in [0.29, 0.717) is 59.0 Å². The molecule has 2 bridgehead atoms. The van der Waals surface area contributed by atoms with Crippen molar-refractivity contribution in [2.24, 2.45) is 11.8 Å². The predicted octanol–water partition coefficient (Wildman–Crippen LogP) is 23.6. The molecular weight excluding hydrogens is 1490 g/mol. The van der Waals surface area contributed by atoms with Crippen LogP contribution in [-0.2, 0) is 76.7 Å². The van der Waals surface area contributed by atoms with E-state index in [4.69, 9.17) is 47.4 Å². The standard InChI is InChI=1S/C29H26O2.C24H26O3.C20H22O4.C18H22O2.C16H17NO/c1-21(31-19-25-13-8-12-22-9-2-5-14-26(22)25)18-30-20-29-27-15-6-3-10-23(27)17-24-11-4-7-16-28(24)29;1-15(27-22-13-16-10-11-17(22)12-16)14-26-24(25)23-20-8-4-2-6-18(20)19-7-3-5-9-21(19)23;1-14(13-22-2)23-11-12-24-20(21)19-17-9-5-3-7-15(17)16-8-4-6-10-18(16)19;1-3-19-15(2)14-20-18(16-10-6-4-7-11-16)17-12-8-5-9-13-17;1-12(18-2)11-17-15-9-5-3-7-13(15)14-8-4-6-10-16(14)17/h2-17,21H,18-20H2,1H3;2-9,15-17,22-23H,10-14H2,1H3;3-10,14,19H,11-13H2,1-2H3;4-13,15,18H,3,14H2,1-2H3;3-10,12H,11H2,1-2H3. The minimum absolute atomic E-state index is 0.0124. The second kappa shape index (κ2) is 42.3. The van der Waals surface area contributed by atoms with Crippen LogP contribution in [0.2, 0.25) is 0 Å². The molecule has 0 radical (unpaired) electrons. The van der Waals surface area contributed by atoms with Crippen LogP contribution in [0.4, 0.5) is 0 Å². The Hall–Kier alpha value is -10.9. The normalized spacial score (nSPS) is 16.1. The number of carbonyl (C=O) groups excluding carboxylic acids is 2. The minimum Gasteiger partial charge on any atom is -0.463 e. The van der Waals surface area contributed by atoms with Crippen molar-refractivity contribution in [1.82, 2.24) is 4.57 Å². The average molecular weight is 1610 g/mol. The molecule has 2 fully saturated rings. The fourth-order valence-electron chi connectivity index (χ4n) is 17.6. The molecule has 13 nitrogen and oxygen atoms in total. The summed E-state index contributed by atoms with van der Waals surface area (Å²) in [6.07, 6.45) is 5.78. The number of rotatable bonds is 29. The highest BCUT2D eigenvalue weighted by atomic mass is 16.6. The smallest absolute Gasteiger partial charge is 0.318 e. The Morgan fingerprint density at radius 2 is 0.858 bits per heavy atom. The maximum Gasteiger partial charge on any atom is 0.318 e. The van der Waals surface area contributed by atoms with Crippen LogP contribution in [0.5, 0.6) is 0 Å². The molecule has 1 aromatic heterocycles. The van der Waals surface area contributed by atoms with Gasteiger partial charge in [0.2, 0.25) is 0 Å². The molecule has 18 rings (SSSR count). The van der Waals surface area contributed by atoms with Crippen molar-refractivity contribution in [3.63, 3.8) is 0 Å². The van der Waals surface area contributed by atoms with Gasteiger partial charge in [0.15, 0.2) is 0 Å². The molecule has 120 heavy (non-hydrogen) atoms. The van der Waals surface area contributed by atoms with Gasteiger partial charge in [-0.05, 0) is 196 Å². The second-order valence-electron chi connectivity index (χ2n) is 31.9. The van der Waals surface area contributed by atoms with Gasteiger partial charge < -0.3 is 51.9 Å². The third-order valence-corrected chi connectivity index (χ3v) is 23.4. The zero-order valence-electron chi connectivity index (χ0n) is 70.5. The third kappa shape index (κ3) is 21.1. The van der Waals surface area contributed by atoms with E-state index >= 15 is 0 Å². The van der Waals surface area contributed by atoms with Crippen LogP contribution in [0.3, 0.4) is 0 Å². The van der Waals surface area contributed by atoms with Crippen molar-refractivity contribution in [1.29, 1.82) is 0 Å². The number of hydrogen-bond acceptors (Lipinski definition) is 12. The number of carbonyl (C=O) groups is 2. The number of hydrogen-bond donors (Lipinski definition) is 0. The predicted molar refractivity (Wildman–Crippen MR) is 483 cm³/mol.